The van der Waals surface area contributed by atoms with E-state index in [1.165, 1.54) is 6.07 Å². The summed E-state index contributed by atoms with van der Waals surface area (Å²) in [5.74, 6) is 0.489. The highest BCUT2D eigenvalue weighted by atomic mass is 79.9. The van der Waals surface area contributed by atoms with E-state index in [0.717, 1.165) is 0 Å². The van der Waals surface area contributed by atoms with Crippen molar-refractivity contribution >= 4 is 15.9 Å². The first kappa shape index (κ1) is 14.1. The highest BCUT2D eigenvalue weighted by Gasteiger charge is 2.30. The van der Waals surface area contributed by atoms with Gasteiger partial charge in [0, 0.05) is 5.56 Å². The molecule has 19 heavy (non-hydrogen) atoms. The Labute approximate surface area is 119 Å². The minimum absolute atomic E-state index is 0.331. The lowest BCUT2D eigenvalue weighted by Gasteiger charge is -2.20. The number of hydrogen-bond donors (Lipinski definition) is 1. The van der Waals surface area contributed by atoms with Gasteiger partial charge in [-0.2, -0.15) is 4.98 Å². The maximum Gasteiger partial charge on any atom is 0.247 e. The van der Waals surface area contributed by atoms with Crippen LogP contribution in [0.25, 0.3) is 11.4 Å². The number of aromatic nitrogens is 2. The summed E-state index contributed by atoms with van der Waals surface area (Å²) in [7, 11) is 0. The van der Waals surface area contributed by atoms with E-state index in [9.17, 15) is 4.39 Å². The topological polar surface area (TPSA) is 64.9 Å². The Hall–Kier alpha value is -1.27. The third kappa shape index (κ3) is 2.69. The Morgan fingerprint density at radius 3 is 2.63 bits per heavy atom. The zero-order chi connectivity index (χ0) is 14.0. The molecule has 1 aromatic heterocycles. The van der Waals surface area contributed by atoms with Crippen LogP contribution in [0.5, 0.6) is 0 Å². The van der Waals surface area contributed by atoms with Crippen LogP contribution in [0, 0.1) is 5.82 Å². The van der Waals surface area contributed by atoms with Crippen LogP contribution < -0.4 is 5.73 Å². The number of nitrogens with two attached hydrogens (primary N) is 1. The van der Waals surface area contributed by atoms with Crippen molar-refractivity contribution in [3.05, 3.63) is 34.4 Å². The lowest BCUT2D eigenvalue weighted by atomic mass is 9.94. The fraction of sp³-hybridized carbons (Fsp3) is 0.385. The van der Waals surface area contributed by atoms with Crippen LogP contribution >= 0.6 is 15.9 Å². The molecule has 4 nitrogen and oxygen atoms in total. The van der Waals surface area contributed by atoms with Gasteiger partial charge in [0.1, 0.15) is 5.82 Å². The molecule has 2 N–H and O–H groups in total. The van der Waals surface area contributed by atoms with Gasteiger partial charge in [0.05, 0.1) is 10.0 Å². The molecule has 0 spiro atoms. The van der Waals surface area contributed by atoms with Crippen LogP contribution in [0.3, 0.4) is 0 Å². The Morgan fingerprint density at radius 2 is 2.05 bits per heavy atom. The summed E-state index contributed by atoms with van der Waals surface area (Å²) in [6, 6.07) is 4.57. The summed E-state index contributed by atoms with van der Waals surface area (Å²) in [5, 5.41) is 3.91. The smallest absolute Gasteiger partial charge is 0.247 e. The van der Waals surface area contributed by atoms with Gasteiger partial charge < -0.3 is 10.3 Å². The molecule has 102 valence electrons. The van der Waals surface area contributed by atoms with Crippen LogP contribution in [0.1, 0.15) is 32.6 Å². The van der Waals surface area contributed by atoms with Crippen molar-refractivity contribution < 1.29 is 8.91 Å². The molecule has 0 fully saturated rings. The van der Waals surface area contributed by atoms with E-state index in [1.807, 2.05) is 13.8 Å². The lowest BCUT2D eigenvalue weighted by Crippen LogP contribution is -2.35. The van der Waals surface area contributed by atoms with Crippen LogP contribution in [0.4, 0.5) is 4.39 Å². The largest absolute Gasteiger partial charge is 0.337 e. The Kier molecular flexibility index (Phi) is 4.01. The van der Waals surface area contributed by atoms with E-state index in [-0.39, 0.29) is 5.82 Å². The summed E-state index contributed by atoms with van der Waals surface area (Å²) in [6.45, 7) is 3.95. The van der Waals surface area contributed by atoms with Crippen LogP contribution in [-0.4, -0.2) is 10.1 Å². The molecule has 1 heterocycles. The molecule has 0 amide bonds. The van der Waals surface area contributed by atoms with Gasteiger partial charge in [-0.25, -0.2) is 4.39 Å². The minimum atomic E-state index is -0.609. The van der Waals surface area contributed by atoms with Crippen molar-refractivity contribution in [1.82, 2.24) is 10.1 Å². The normalized spacial score (nSPS) is 11.8. The second kappa shape index (κ2) is 5.38. The molecule has 0 saturated carbocycles. The molecule has 0 saturated heterocycles. The zero-order valence-corrected chi connectivity index (χ0v) is 12.4. The van der Waals surface area contributed by atoms with Crippen LogP contribution in [-0.2, 0) is 5.54 Å². The highest BCUT2D eigenvalue weighted by molar-refractivity contribution is 9.10. The number of nitrogens with zero attached hydrogens (tertiary/aromatic N) is 2. The Balaban J connectivity index is 2.38. The number of hydrogen-bond acceptors (Lipinski definition) is 4. The highest BCUT2D eigenvalue weighted by Crippen LogP contribution is 2.28. The molecule has 6 heteroatoms. The molecule has 0 atom stereocenters. The molecule has 1 aromatic carbocycles. The van der Waals surface area contributed by atoms with E-state index in [1.54, 1.807) is 12.1 Å². The van der Waals surface area contributed by atoms with E-state index in [2.05, 4.69) is 26.1 Å². The molecule has 0 unspecified atom stereocenters. The molecular formula is C13H15BrFN3O. The first-order valence-corrected chi connectivity index (χ1v) is 6.88. The Morgan fingerprint density at radius 1 is 1.37 bits per heavy atom. The fourth-order valence-electron chi connectivity index (χ4n) is 1.73. The van der Waals surface area contributed by atoms with Crippen molar-refractivity contribution in [2.24, 2.45) is 5.73 Å². The van der Waals surface area contributed by atoms with Crippen molar-refractivity contribution in [1.29, 1.82) is 0 Å². The summed E-state index contributed by atoms with van der Waals surface area (Å²) in [5.41, 5.74) is 6.27. The summed E-state index contributed by atoms with van der Waals surface area (Å²) < 4.78 is 18.8. The van der Waals surface area contributed by atoms with Gasteiger partial charge in [-0.15, -0.1) is 0 Å². The van der Waals surface area contributed by atoms with Crippen molar-refractivity contribution in [2.45, 2.75) is 32.2 Å². The zero-order valence-electron chi connectivity index (χ0n) is 10.8. The van der Waals surface area contributed by atoms with Crippen molar-refractivity contribution in [2.75, 3.05) is 0 Å². The standard InChI is InChI=1S/C13H15BrFN3O/c1-3-13(16,4-2)12-17-11(18-19-12)8-5-6-10(15)9(14)7-8/h5-7H,3-4,16H2,1-2H3. The molecule has 0 aliphatic carbocycles. The first-order chi connectivity index (χ1) is 9.00. The van der Waals surface area contributed by atoms with Crippen LogP contribution in [0.15, 0.2) is 27.2 Å². The van der Waals surface area contributed by atoms with Gasteiger partial charge in [-0.05, 0) is 47.0 Å². The SMILES string of the molecule is CCC(N)(CC)c1nc(-c2ccc(F)c(Br)c2)no1. The molecule has 2 aromatic rings. The average Bonchev–Trinajstić information content (AvgIpc) is 2.91. The maximum absolute atomic E-state index is 13.2. The van der Waals surface area contributed by atoms with Gasteiger partial charge in [-0.1, -0.05) is 19.0 Å². The second-order valence-electron chi connectivity index (χ2n) is 4.42. The predicted molar refractivity (Wildman–Crippen MR) is 73.8 cm³/mol. The lowest BCUT2D eigenvalue weighted by molar-refractivity contribution is 0.268. The van der Waals surface area contributed by atoms with Crippen molar-refractivity contribution in [3.63, 3.8) is 0 Å². The average molecular weight is 328 g/mol. The predicted octanol–water partition coefficient (Wildman–Crippen LogP) is 3.61. The maximum atomic E-state index is 13.2. The second-order valence-corrected chi connectivity index (χ2v) is 5.27. The van der Waals surface area contributed by atoms with Crippen molar-refractivity contribution in [3.8, 4) is 11.4 Å². The first-order valence-electron chi connectivity index (χ1n) is 6.08. The quantitative estimate of drug-likeness (QED) is 0.931. The summed E-state index contributed by atoms with van der Waals surface area (Å²) in [6.07, 6.45) is 1.41. The van der Waals surface area contributed by atoms with E-state index in [0.29, 0.717) is 34.6 Å². The van der Waals surface area contributed by atoms with E-state index in [4.69, 9.17) is 10.3 Å². The monoisotopic (exact) mass is 327 g/mol. The Bertz CT molecular complexity index is 581. The number of benzene rings is 1. The molecule has 0 radical (unpaired) electrons. The number of halogens is 2. The third-order valence-electron chi connectivity index (χ3n) is 3.29. The third-order valence-corrected chi connectivity index (χ3v) is 3.90. The molecule has 0 bridgehead atoms. The molecular weight excluding hydrogens is 313 g/mol. The molecule has 2 rings (SSSR count). The van der Waals surface area contributed by atoms with Gasteiger partial charge in [0.2, 0.25) is 11.7 Å². The van der Waals surface area contributed by atoms with Gasteiger partial charge >= 0.3 is 0 Å². The van der Waals surface area contributed by atoms with Gasteiger partial charge in [0.15, 0.2) is 0 Å². The summed E-state index contributed by atoms with van der Waals surface area (Å²) >= 11 is 3.13. The van der Waals surface area contributed by atoms with Gasteiger partial charge in [-0.3, -0.25) is 0 Å². The summed E-state index contributed by atoms with van der Waals surface area (Å²) in [4.78, 5) is 4.32. The van der Waals surface area contributed by atoms with E-state index < -0.39 is 5.54 Å². The molecule has 0 aliphatic rings. The molecule has 0 aliphatic heterocycles. The van der Waals surface area contributed by atoms with Gasteiger partial charge in [0.25, 0.3) is 0 Å². The fourth-order valence-corrected chi connectivity index (χ4v) is 2.11. The van der Waals surface area contributed by atoms with E-state index >= 15 is 0 Å². The number of rotatable bonds is 4. The minimum Gasteiger partial charge on any atom is -0.337 e. The van der Waals surface area contributed by atoms with Crippen LogP contribution in [0.2, 0.25) is 0 Å².